The first-order chi connectivity index (χ1) is 14.6. The fraction of sp³-hybridized carbons (Fsp3) is 0.375. The van der Waals surface area contributed by atoms with Crippen molar-refractivity contribution in [3.63, 3.8) is 0 Å². The highest BCUT2D eigenvalue weighted by atomic mass is 32.2. The van der Waals surface area contributed by atoms with Crippen molar-refractivity contribution in [1.82, 2.24) is 4.90 Å². The Morgan fingerprint density at radius 2 is 1.71 bits per heavy atom. The van der Waals surface area contributed by atoms with Gasteiger partial charge in [0.1, 0.15) is 11.5 Å². The third-order valence-electron chi connectivity index (χ3n) is 5.44. The van der Waals surface area contributed by atoms with Crippen LogP contribution in [0, 0.1) is 0 Å². The Bertz CT molecular complexity index is 970. The topological polar surface area (TPSA) is 94.9 Å². The lowest BCUT2D eigenvalue weighted by Gasteiger charge is -2.41. The minimum atomic E-state index is -3.67. The van der Waals surface area contributed by atoms with Crippen LogP contribution in [0.15, 0.2) is 60.7 Å². The molecule has 31 heavy (non-hydrogen) atoms. The lowest BCUT2D eigenvalue weighted by atomic mass is 9.69. The fourth-order valence-corrected chi connectivity index (χ4v) is 3.89. The molecule has 1 aliphatic rings. The third kappa shape index (κ3) is 7.94. The normalized spacial score (nSPS) is 16.5. The molecule has 2 N–H and O–H groups in total. The van der Waals surface area contributed by atoms with Crippen LogP contribution in [0.3, 0.4) is 0 Å². The molecule has 1 heterocycles. The second-order valence-electron chi connectivity index (χ2n) is 7.76. The Kier molecular flexibility index (Phi) is 8.98. The summed E-state index contributed by atoms with van der Waals surface area (Å²) in [5.74, 6) is 0.515. The number of hydrogen-bond donors (Lipinski definition) is 2. The number of piperidine rings is 1. The SMILES string of the molecule is CCC(=O)C1(c2cccc(O)c2)CCN(CC=Cc2ccccc2)CC1.CS(=O)(=O)O. The molecule has 0 saturated carbocycles. The summed E-state index contributed by atoms with van der Waals surface area (Å²) < 4.78 is 25.9. The maximum atomic E-state index is 12.8. The summed E-state index contributed by atoms with van der Waals surface area (Å²) in [6.45, 7) is 4.61. The summed E-state index contributed by atoms with van der Waals surface area (Å²) in [5, 5.41) is 9.86. The van der Waals surface area contributed by atoms with Crippen molar-refractivity contribution in [3.05, 3.63) is 71.8 Å². The number of aromatic hydroxyl groups is 1. The fourth-order valence-electron chi connectivity index (χ4n) is 3.89. The van der Waals surface area contributed by atoms with Gasteiger partial charge < -0.3 is 5.11 Å². The molecule has 7 heteroatoms. The quantitative estimate of drug-likeness (QED) is 0.655. The van der Waals surface area contributed by atoms with E-state index in [1.807, 2.05) is 37.3 Å². The van der Waals surface area contributed by atoms with Gasteiger partial charge in [0, 0.05) is 13.0 Å². The van der Waals surface area contributed by atoms with Crippen LogP contribution in [0.2, 0.25) is 0 Å². The molecule has 1 aliphatic heterocycles. The molecule has 0 atom stereocenters. The van der Waals surface area contributed by atoms with Gasteiger partial charge in [0.25, 0.3) is 10.1 Å². The Labute approximate surface area is 185 Å². The molecule has 1 fully saturated rings. The van der Waals surface area contributed by atoms with Gasteiger partial charge in [-0.15, -0.1) is 0 Å². The predicted molar refractivity (Wildman–Crippen MR) is 124 cm³/mol. The van der Waals surface area contributed by atoms with Gasteiger partial charge in [-0.1, -0.05) is 61.5 Å². The smallest absolute Gasteiger partial charge is 0.261 e. The van der Waals surface area contributed by atoms with Crippen LogP contribution in [-0.4, -0.2) is 54.7 Å². The number of Topliss-reactive ketones (excluding diaryl/α,β-unsaturated/α-hetero) is 1. The molecule has 0 aliphatic carbocycles. The molecule has 2 aromatic rings. The maximum Gasteiger partial charge on any atom is 0.261 e. The van der Waals surface area contributed by atoms with Gasteiger partial charge in [-0.3, -0.25) is 14.2 Å². The number of carbonyl (C=O) groups is 1. The number of hydrogen-bond acceptors (Lipinski definition) is 5. The van der Waals surface area contributed by atoms with Crippen LogP contribution in [0.5, 0.6) is 5.75 Å². The van der Waals surface area contributed by atoms with Crippen molar-refractivity contribution in [2.45, 2.75) is 31.6 Å². The zero-order chi connectivity index (χ0) is 22.9. The maximum absolute atomic E-state index is 12.8. The minimum absolute atomic E-state index is 0.235. The lowest BCUT2D eigenvalue weighted by Crippen LogP contribution is -2.47. The van der Waals surface area contributed by atoms with Crippen LogP contribution >= 0.6 is 0 Å². The van der Waals surface area contributed by atoms with E-state index < -0.39 is 15.5 Å². The monoisotopic (exact) mass is 445 g/mol. The van der Waals surface area contributed by atoms with Crippen LogP contribution in [0.1, 0.15) is 37.3 Å². The van der Waals surface area contributed by atoms with Crippen molar-refractivity contribution in [2.75, 3.05) is 25.9 Å². The second-order valence-corrected chi connectivity index (χ2v) is 9.22. The molecule has 0 amide bonds. The van der Waals surface area contributed by atoms with E-state index in [0.29, 0.717) is 12.7 Å². The molecule has 6 nitrogen and oxygen atoms in total. The van der Waals surface area contributed by atoms with Crippen LogP contribution in [-0.2, 0) is 20.3 Å². The molecule has 0 aromatic heterocycles. The number of nitrogens with zero attached hydrogens (tertiary/aromatic N) is 1. The van der Waals surface area contributed by atoms with E-state index in [1.165, 1.54) is 5.56 Å². The van der Waals surface area contributed by atoms with Crippen molar-refractivity contribution in [3.8, 4) is 5.75 Å². The van der Waals surface area contributed by atoms with Crippen molar-refractivity contribution in [1.29, 1.82) is 0 Å². The predicted octanol–water partition coefficient (Wildman–Crippen LogP) is 3.92. The first kappa shape index (κ1) is 24.8. The number of benzene rings is 2. The van der Waals surface area contributed by atoms with E-state index in [1.54, 1.807) is 12.1 Å². The number of rotatable bonds is 6. The second kappa shape index (κ2) is 11.2. The van der Waals surface area contributed by atoms with E-state index in [4.69, 9.17) is 4.55 Å². The first-order valence-electron chi connectivity index (χ1n) is 10.3. The van der Waals surface area contributed by atoms with Gasteiger partial charge in [-0.2, -0.15) is 8.42 Å². The molecular formula is C24H31NO5S. The average Bonchev–Trinajstić information content (AvgIpc) is 2.73. The highest BCUT2D eigenvalue weighted by Gasteiger charge is 2.41. The molecule has 0 spiro atoms. The van der Waals surface area contributed by atoms with Gasteiger partial charge in [-0.25, -0.2) is 0 Å². The Hall–Kier alpha value is -2.48. The molecule has 1 saturated heterocycles. The Morgan fingerprint density at radius 1 is 1.10 bits per heavy atom. The molecule has 2 aromatic carbocycles. The molecule has 3 rings (SSSR count). The Balaban J connectivity index is 0.000000614. The van der Waals surface area contributed by atoms with Crippen LogP contribution < -0.4 is 0 Å². The summed E-state index contributed by atoms with van der Waals surface area (Å²) >= 11 is 0. The highest BCUT2D eigenvalue weighted by Crippen LogP contribution is 2.38. The van der Waals surface area contributed by atoms with Gasteiger partial charge in [0.15, 0.2) is 0 Å². The number of likely N-dealkylation sites (tertiary alicyclic amines) is 1. The molecule has 0 unspecified atom stereocenters. The number of ketones is 1. The van der Waals surface area contributed by atoms with Gasteiger partial charge >= 0.3 is 0 Å². The molecule has 0 radical (unpaired) electrons. The molecular weight excluding hydrogens is 414 g/mol. The Morgan fingerprint density at radius 3 is 2.26 bits per heavy atom. The molecule has 168 valence electrons. The van der Waals surface area contributed by atoms with E-state index in [2.05, 4.69) is 29.2 Å². The largest absolute Gasteiger partial charge is 0.508 e. The van der Waals surface area contributed by atoms with E-state index in [9.17, 15) is 18.3 Å². The van der Waals surface area contributed by atoms with Gasteiger partial charge in [0.05, 0.1) is 11.7 Å². The minimum Gasteiger partial charge on any atom is -0.508 e. The van der Waals surface area contributed by atoms with Gasteiger partial charge in [0.2, 0.25) is 0 Å². The van der Waals surface area contributed by atoms with Crippen LogP contribution in [0.4, 0.5) is 0 Å². The standard InChI is InChI=1S/C23H27NO2.CH4O3S/c1-2-22(26)23(20-11-6-12-21(25)18-20)13-16-24(17-14-23)15-7-10-19-8-4-3-5-9-19;1-5(2,3)4/h3-12,18,25H,2,13-17H2,1H3;1H3,(H,2,3,4). The summed E-state index contributed by atoms with van der Waals surface area (Å²) in [6, 6.07) is 17.5. The summed E-state index contributed by atoms with van der Waals surface area (Å²) in [4.78, 5) is 15.2. The number of phenolic OH excluding ortho intramolecular Hbond substituents is 1. The average molecular weight is 446 g/mol. The summed E-state index contributed by atoms with van der Waals surface area (Å²) in [5.41, 5.74) is 1.72. The lowest BCUT2D eigenvalue weighted by molar-refractivity contribution is -0.126. The number of phenols is 1. The van der Waals surface area contributed by atoms with Crippen molar-refractivity contribution < 1.29 is 22.9 Å². The van der Waals surface area contributed by atoms with Crippen molar-refractivity contribution >= 4 is 22.0 Å². The molecule has 0 bridgehead atoms. The summed E-state index contributed by atoms with van der Waals surface area (Å²) in [7, 11) is -3.67. The van der Waals surface area contributed by atoms with Crippen LogP contribution in [0.25, 0.3) is 6.08 Å². The summed E-state index contributed by atoms with van der Waals surface area (Å²) in [6.07, 6.45) is 7.20. The van der Waals surface area contributed by atoms with E-state index in [-0.39, 0.29) is 11.5 Å². The highest BCUT2D eigenvalue weighted by molar-refractivity contribution is 7.85. The number of carbonyl (C=O) groups excluding carboxylic acids is 1. The zero-order valence-corrected chi connectivity index (χ0v) is 18.9. The van der Waals surface area contributed by atoms with Crippen molar-refractivity contribution in [2.24, 2.45) is 0 Å². The van der Waals surface area contributed by atoms with E-state index >= 15 is 0 Å². The van der Waals surface area contributed by atoms with E-state index in [0.717, 1.165) is 38.0 Å². The third-order valence-corrected chi connectivity index (χ3v) is 5.44. The van der Waals surface area contributed by atoms with Gasteiger partial charge in [-0.05, 0) is 49.2 Å². The first-order valence-corrected chi connectivity index (χ1v) is 12.2. The zero-order valence-electron chi connectivity index (χ0n) is 18.1.